The first-order valence-corrected chi connectivity index (χ1v) is 9.45. The second kappa shape index (κ2) is 7.30. The van der Waals surface area contributed by atoms with Crippen LogP contribution in [-0.2, 0) is 17.8 Å². The number of hydrogen-bond donors (Lipinski definition) is 1. The van der Waals surface area contributed by atoms with Crippen LogP contribution in [0.15, 0.2) is 6.07 Å². The molecule has 0 atom stereocenters. The molecule has 3 heterocycles. The van der Waals surface area contributed by atoms with E-state index in [1.807, 2.05) is 11.0 Å². The average molecular weight is 345 g/mol. The third kappa shape index (κ3) is 3.37. The van der Waals surface area contributed by atoms with Crippen LogP contribution in [0.3, 0.4) is 0 Å². The minimum absolute atomic E-state index is 0.143. The van der Waals surface area contributed by atoms with Gasteiger partial charge in [-0.15, -0.1) is 0 Å². The summed E-state index contributed by atoms with van der Waals surface area (Å²) < 4.78 is 10.9. The van der Waals surface area contributed by atoms with Crippen LogP contribution in [0.1, 0.15) is 60.1 Å². The Morgan fingerprint density at radius 3 is 2.76 bits per heavy atom. The maximum atomic E-state index is 12.8. The molecule has 1 aromatic heterocycles. The van der Waals surface area contributed by atoms with Gasteiger partial charge in [-0.3, -0.25) is 4.79 Å². The van der Waals surface area contributed by atoms with E-state index in [1.54, 1.807) is 7.11 Å². The first-order chi connectivity index (χ1) is 12.3. The Bertz CT molecular complexity index is 637. The van der Waals surface area contributed by atoms with Crippen LogP contribution in [0.2, 0.25) is 0 Å². The average Bonchev–Trinajstić information content (AvgIpc) is 3.28. The number of fused-ring (bicyclic) bond motifs is 1. The second-order valence-electron chi connectivity index (χ2n) is 7.29. The first kappa shape index (κ1) is 16.8. The summed E-state index contributed by atoms with van der Waals surface area (Å²) in [6.07, 6.45) is 6.73. The zero-order chi connectivity index (χ0) is 17.2. The van der Waals surface area contributed by atoms with Crippen molar-refractivity contribution in [3.63, 3.8) is 0 Å². The van der Waals surface area contributed by atoms with Crippen molar-refractivity contribution in [3.8, 4) is 5.88 Å². The number of carbonyl (C=O) groups is 1. The summed E-state index contributed by atoms with van der Waals surface area (Å²) in [5.74, 6) is 0.781. The Hall–Kier alpha value is -1.66. The highest BCUT2D eigenvalue weighted by Crippen LogP contribution is 2.33. The Morgan fingerprint density at radius 2 is 2.04 bits per heavy atom. The van der Waals surface area contributed by atoms with Crippen LogP contribution in [0, 0.1) is 0 Å². The fraction of sp³-hybridized carbons (Fsp3) is 0.684. The first-order valence-electron chi connectivity index (χ1n) is 9.45. The van der Waals surface area contributed by atoms with E-state index in [4.69, 9.17) is 9.47 Å². The van der Waals surface area contributed by atoms with Gasteiger partial charge in [0.2, 0.25) is 5.88 Å². The molecule has 25 heavy (non-hydrogen) atoms. The molecule has 3 aliphatic rings. The van der Waals surface area contributed by atoms with Crippen molar-refractivity contribution in [2.75, 3.05) is 20.3 Å². The number of rotatable bonds is 5. The summed E-state index contributed by atoms with van der Waals surface area (Å²) in [7, 11) is 1.65. The lowest BCUT2D eigenvalue weighted by atomic mass is 10.1. The number of aromatic nitrogens is 1. The van der Waals surface area contributed by atoms with Crippen LogP contribution in [0.5, 0.6) is 5.88 Å². The van der Waals surface area contributed by atoms with E-state index in [-0.39, 0.29) is 5.91 Å². The summed E-state index contributed by atoms with van der Waals surface area (Å²) in [6.45, 7) is 2.92. The normalized spacial score (nSPS) is 21.8. The molecule has 1 N–H and O–H groups in total. The van der Waals surface area contributed by atoms with E-state index in [0.29, 0.717) is 31.1 Å². The van der Waals surface area contributed by atoms with Gasteiger partial charge in [0.1, 0.15) is 0 Å². The number of nitrogens with one attached hydrogen (secondary N) is 1. The molecule has 0 radical (unpaired) electrons. The number of nitrogens with zero attached hydrogens (tertiary/aromatic N) is 2. The third-order valence-electron chi connectivity index (χ3n) is 5.71. The van der Waals surface area contributed by atoms with E-state index in [2.05, 4.69) is 10.3 Å². The predicted molar refractivity (Wildman–Crippen MR) is 93.6 cm³/mol. The molecule has 1 amide bonds. The van der Waals surface area contributed by atoms with Crippen molar-refractivity contribution in [2.24, 2.45) is 0 Å². The molecule has 136 valence electrons. The maximum absolute atomic E-state index is 12.8. The molecule has 6 nitrogen and oxygen atoms in total. The van der Waals surface area contributed by atoms with Crippen LogP contribution in [0.4, 0.5) is 0 Å². The molecule has 4 rings (SSSR count). The van der Waals surface area contributed by atoms with Gasteiger partial charge < -0.3 is 19.7 Å². The monoisotopic (exact) mass is 345 g/mol. The van der Waals surface area contributed by atoms with E-state index in [9.17, 15) is 4.79 Å². The van der Waals surface area contributed by atoms with Crippen molar-refractivity contribution < 1.29 is 14.3 Å². The molecule has 0 spiro atoms. The van der Waals surface area contributed by atoms with Gasteiger partial charge in [-0.25, -0.2) is 4.98 Å². The van der Waals surface area contributed by atoms with E-state index >= 15 is 0 Å². The van der Waals surface area contributed by atoms with Crippen molar-refractivity contribution >= 4 is 5.91 Å². The van der Waals surface area contributed by atoms with Crippen molar-refractivity contribution in [2.45, 2.75) is 63.7 Å². The fourth-order valence-corrected chi connectivity index (χ4v) is 4.24. The maximum Gasteiger partial charge on any atom is 0.256 e. The number of carbonyl (C=O) groups excluding carboxylic acids is 1. The van der Waals surface area contributed by atoms with Gasteiger partial charge in [0.25, 0.3) is 5.91 Å². The Morgan fingerprint density at radius 1 is 1.28 bits per heavy atom. The highest BCUT2D eigenvalue weighted by atomic mass is 16.5. The molecule has 2 aliphatic heterocycles. The Kier molecular flexibility index (Phi) is 4.90. The molecule has 1 aliphatic carbocycles. The molecule has 1 saturated heterocycles. The van der Waals surface area contributed by atoms with E-state index in [0.717, 1.165) is 55.7 Å². The lowest BCUT2D eigenvalue weighted by molar-refractivity contribution is 0.0706. The van der Waals surface area contributed by atoms with Crippen molar-refractivity contribution in [1.82, 2.24) is 15.2 Å². The van der Waals surface area contributed by atoms with Gasteiger partial charge in [-0.2, -0.15) is 0 Å². The lowest BCUT2D eigenvalue weighted by Crippen LogP contribution is -2.34. The molecule has 1 aromatic rings. The molecule has 1 saturated carbocycles. The van der Waals surface area contributed by atoms with Crippen LogP contribution < -0.4 is 10.1 Å². The molecule has 2 fully saturated rings. The highest BCUT2D eigenvalue weighted by Gasteiger charge is 2.35. The minimum atomic E-state index is 0.143. The number of methoxy groups -OCH3 is 1. The minimum Gasteiger partial charge on any atom is -0.481 e. The summed E-state index contributed by atoms with van der Waals surface area (Å²) >= 11 is 0. The molecule has 0 unspecified atom stereocenters. The van der Waals surface area contributed by atoms with E-state index < -0.39 is 0 Å². The third-order valence-corrected chi connectivity index (χ3v) is 5.71. The largest absolute Gasteiger partial charge is 0.481 e. The predicted octanol–water partition coefficient (Wildman–Crippen LogP) is 2.26. The summed E-state index contributed by atoms with van der Waals surface area (Å²) in [5.41, 5.74) is 2.59. The number of amides is 1. The zero-order valence-corrected chi connectivity index (χ0v) is 14.9. The molecular formula is C19H27N3O3. The topological polar surface area (TPSA) is 63.7 Å². The smallest absolute Gasteiger partial charge is 0.256 e. The SMILES string of the molecule is COc1nc2c(cc1CNC1CCOCC1)C(=O)N(C1CCCC1)C2. The van der Waals surface area contributed by atoms with Crippen LogP contribution in [0.25, 0.3) is 0 Å². The molecule has 0 aromatic carbocycles. The number of hydrogen-bond acceptors (Lipinski definition) is 5. The fourth-order valence-electron chi connectivity index (χ4n) is 4.24. The molecule has 0 bridgehead atoms. The summed E-state index contributed by atoms with van der Waals surface area (Å²) in [5, 5.41) is 3.56. The number of pyridine rings is 1. The Labute approximate surface area is 148 Å². The van der Waals surface area contributed by atoms with Gasteiger partial charge in [-0.1, -0.05) is 12.8 Å². The molecule has 6 heteroatoms. The van der Waals surface area contributed by atoms with Crippen molar-refractivity contribution in [1.29, 1.82) is 0 Å². The summed E-state index contributed by atoms with van der Waals surface area (Å²) in [4.78, 5) is 19.5. The molecular weight excluding hydrogens is 318 g/mol. The lowest BCUT2D eigenvalue weighted by Gasteiger charge is -2.23. The standard InChI is InChI=1S/C19H27N3O3/c1-24-18-13(11-20-14-6-8-25-9-7-14)10-16-17(21-18)12-22(19(16)23)15-4-2-3-5-15/h10,14-15,20H,2-9,11-12H2,1H3. The van der Waals surface area contributed by atoms with Crippen molar-refractivity contribution in [3.05, 3.63) is 22.9 Å². The van der Waals surface area contributed by atoms with Gasteiger partial charge in [0, 0.05) is 37.4 Å². The van der Waals surface area contributed by atoms with Crippen LogP contribution in [-0.4, -0.2) is 48.2 Å². The van der Waals surface area contributed by atoms with Gasteiger partial charge >= 0.3 is 0 Å². The Balaban J connectivity index is 1.50. The summed E-state index contributed by atoms with van der Waals surface area (Å²) in [6, 6.07) is 2.83. The van der Waals surface area contributed by atoms with Crippen LogP contribution >= 0.6 is 0 Å². The zero-order valence-electron chi connectivity index (χ0n) is 14.9. The van der Waals surface area contributed by atoms with Gasteiger partial charge in [0.15, 0.2) is 0 Å². The quantitative estimate of drug-likeness (QED) is 0.887. The second-order valence-corrected chi connectivity index (χ2v) is 7.29. The highest BCUT2D eigenvalue weighted by molar-refractivity contribution is 5.98. The van der Waals surface area contributed by atoms with Gasteiger partial charge in [-0.05, 0) is 31.7 Å². The number of ether oxygens (including phenoxy) is 2. The van der Waals surface area contributed by atoms with Gasteiger partial charge in [0.05, 0.1) is 24.9 Å². The van der Waals surface area contributed by atoms with E-state index in [1.165, 1.54) is 12.8 Å².